The monoisotopic (exact) mass is 1170 g/mol. The van der Waals surface area contributed by atoms with Gasteiger partial charge in [-0.25, -0.2) is 14.3 Å². The zero-order chi connectivity index (χ0) is 53.4. The van der Waals surface area contributed by atoms with Crippen LogP contribution in [-0.4, -0.2) is 122 Å². The molecule has 6 aromatic heterocycles. The van der Waals surface area contributed by atoms with Crippen LogP contribution in [0.1, 0.15) is 59.3 Å². The van der Waals surface area contributed by atoms with Crippen molar-refractivity contribution in [2.24, 2.45) is 11.8 Å². The van der Waals surface area contributed by atoms with Gasteiger partial charge in [-0.2, -0.15) is 5.26 Å². The van der Waals surface area contributed by atoms with E-state index in [0.717, 1.165) is 22.7 Å². The van der Waals surface area contributed by atoms with Crippen molar-refractivity contribution in [3.8, 4) is 28.8 Å². The lowest BCUT2D eigenvalue weighted by molar-refractivity contribution is -0.186. The Bertz CT molecular complexity index is 3220. The van der Waals surface area contributed by atoms with Crippen molar-refractivity contribution in [3.05, 3.63) is 93.6 Å². The smallest absolute Gasteiger partial charge is 0.304 e. The molecule has 74 heavy (non-hydrogen) atoms. The van der Waals surface area contributed by atoms with Crippen LogP contribution >= 0.6 is 73.7 Å². The Balaban J connectivity index is 0.000000216. The van der Waals surface area contributed by atoms with Gasteiger partial charge in [0.25, 0.3) is 5.82 Å². The topological polar surface area (TPSA) is 305 Å². The molecule has 0 saturated carbocycles. The minimum atomic E-state index is -0.861. The third-order valence-electron chi connectivity index (χ3n) is 11.1. The third kappa shape index (κ3) is 13.7. The van der Waals surface area contributed by atoms with Crippen LogP contribution in [-0.2, 0) is 47.6 Å². The summed E-state index contributed by atoms with van der Waals surface area (Å²) in [6.45, 7) is 16.3. The molecule has 0 spiro atoms. The van der Waals surface area contributed by atoms with Crippen LogP contribution in [0.5, 0.6) is 0 Å². The Morgan fingerprint density at radius 1 is 0.811 bits per heavy atom. The number of thioether (sulfide) groups is 2. The molecule has 2 N–H and O–H groups in total. The van der Waals surface area contributed by atoms with Gasteiger partial charge in [0.1, 0.15) is 47.7 Å². The summed E-state index contributed by atoms with van der Waals surface area (Å²) in [7, 11) is 0. The van der Waals surface area contributed by atoms with E-state index in [1.165, 1.54) is 63.6 Å². The van der Waals surface area contributed by atoms with Gasteiger partial charge in [0, 0.05) is 66.3 Å². The van der Waals surface area contributed by atoms with Crippen LogP contribution in [0.2, 0.25) is 5.02 Å². The summed E-state index contributed by atoms with van der Waals surface area (Å²) in [6.07, 6.45) is 3.39. The molecule has 2 saturated heterocycles. The van der Waals surface area contributed by atoms with E-state index < -0.39 is 71.2 Å². The number of thiazole rings is 2. The number of nitriles is 1. The molecule has 4 unspecified atom stereocenters. The quantitative estimate of drug-likeness (QED) is 0.0677. The summed E-state index contributed by atoms with van der Waals surface area (Å²) in [5.74, 6) is -2.53. The molecular formula is C44H42BrClN12O12S4. The van der Waals surface area contributed by atoms with E-state index in [2.05, 4.69) is 61.3 Å². The lowest BCUT2D eigenvalue weighted by Crippen LogP contribution is -2.52. The van der Waals surface area contributed by atoms with Gasteiger partial charge in [-0.15, -0.1) is 26.9 Å². The highest BCUT2D eigenvalue weighted by molar-refractivity contribution is 9.10. The van der Waals surface area contributed by atoms with Gasteiger partial charge in [0.05, 0.1) is 57.6 Å². The van der Waals surface area contributed by atoms with Crippen molar-refractivity contribution in [1.29, 1.82) is 5.26 Å². The molecule has 0 aromatic carbocycles. The predicted molar refractivity (Wildman–Crippen MR) is 270 cm³/mol. The minimum absolute atomic E-state index is 0.0390. The van der Waals surface area contributed by atoms with Gasteiger partial charge in [-0.3, -0.25) is 28.8 Å². The standard InChI is InChI=1S/C22H21BrN6O6S2.C22H21ClN6O6S2/c1-10-16(8-33-11(2)30)35-21(37-17-5-13(23)6-25-20(17)24-4)19(34-12(3)31)18(10)29-7-14(27-28-29)15-9-36-22(32)26-15;1-10-18(8-33-11(2)30)35-21(37-13-4-14(23)15(5-24)25-6-13)20(34-12(3)31)19(10)29-7-16(27-28-29)17-9-36-22(32)26-17/h5-7,9-10,16,18-19,21H,8H2,1-3H3,(H,26,32);4,6-7,9-10,18-21H,8H2,1-3H3,(H,26,32)/t10-,16?,18?,19-,21+;10-,18?,19?,20-,21+/m00/s1. The number of aromatic nitrogens is 10. The van der Waals surface area contributed by atoms with Gasteiger partial charge in [0.15, 0.2) is 17.9 Å². The van der Waals surface area contributed by atoms with Crippen molar-refractivity contribution in [2.45, 2.75) is 98.7 Å². The summed E-state index contributed by atoms with van der Waals surface area (Å²) in [6, 6.07) is 4.04. The number of carbonyl (C=O) groups is 4. The van der Waals surface area contributed by atoms with Crippen molar-refractivity contribution >= 4 is 103 Å². The minimum Gasteiger partial charge on any atom is -0.463 e. The fraction of sp³-hybridized carbons (Fsp3) is 0.409. The SMILES string of the molecule is CC(=O)OCC1O[C@H](Sc2cnc(C#N)c(Cl)c2)[C@@H](OC(C)=O)C(n2cc(-c3csc(=O)[nH]3)nn2)[C@H]1C.[C-]#[N+]c1ncc(Br)cc1S[C@H]1OC(COC(C)=O)[C@H](C)C(n2cc(-c3csc(=O)[nH]3)nn2)[C@@H]1OC(C)=O. The number of hydrogen-bond acceptors (Lipinski definition) is 23. The fourth-order valence-electron chi connectivity index (χ4n) is 7.81. The molecular weight excluding hydrogens is 1130 g/mol. The summed E-state index contributed by atoms with van der Waals surface area (Å²) in [5, 5.41) is 29.5. The fourth-order valence-corrected chi connectivity index (χ4v) is 12.0. The van der Waals surface area contributed by atoms with Crippen molar-refractivity contribution in [1.82, 2.24) is 49.9 Å². The van der Waals surface area contributed by atoms with Crippen molar-refractivity contribution < 1.29 is 47.6 Å². The number of nitrogens with one attached hydrogen (secondary N) is 2. The average molecular weight is 1170 g/mol. The third-order valence-corrected chi connectivity index (χ3v) is 15.5. The lowest BCUT2D eigenvalue weighted by Gasteiger charge is -2.44. The Morgan fingerprint density at radius 3 is 1.73 bits per heavy atom. The van der Waals surface area contributed by atoms with Gasteiger partial charge in [-0.05, 0) is 28.1 Å². The molecule has 388 valence electrons. The molecule has 8 heterocycles. The Hall–Kier alpha value is -6.31. The molecule has 2 fully saturated rings. The number of nitrogens with zero attached hydrogens (tertiary/aromatic N) is 10. The van der Waals surface area contributed by atoms with Crippen molar-refractivity contribution in [2.75, 3.05) is 13.2 Å². The highest BCUT2D eigenvalue weighted by atomic mass is 79.9. The Kier molecular flexibility index (Phi) is 18.6. The molecule has 24 nitrogen and oxygen atoms in total. The summed E-state index contributed by atoms with van der Waals surface area (Å²) >= 11 is 13.9. The molecule has 2 aliphatic heterocycles. The van der Waals surface area contributed by atoms with E-state index in [0.29, 0.717) is 37.0 Å². The molecule has 0 bridgehead atoms. The summed E-state index contributed by atoms with van der Waals surface area (Å²) in [4.78, 5) is 88.4. The number of aromatic amines is 2. The predicted octanol–water partition coefficient (Wildman–Crippen LogP) is 6.40. The van der Waals surface area contributed by atoms with Crippen LogP contribution in [0.25, 0.3) is 27.6 Å². The van der Waals surface area contributed by atoms with Crippen LogP contribution in [0.15, 0.2) is 71.5 Å². The molecule has 0 aliphatic carbocycles. The van der Waals surface area contributed by atoms with Crippen molar-refractivity contribution in [3.63, 3.8) is 0 Å². The van der Waals surface area contributed by atoms with E-state index in [-0.39, 0.29) is 51.3 Å². The van der Waals surface area contributed by atoms with Crippen LogP contribution in [0, 0.1) is 29.7 Å². The highest BCUT2D eigenvalue weighted by Crippen LogP contribution is 2.46. The maximum Gasteiger partial charge on any atom is 0.304 e. The van der Waals surface area contributed by atoms with Gasteiger partial charge in [-0.1, -0.05) is 76.9 Å². The van der Waals surface area contributed by atoms with Crippen LogP contribution in [0.3, 0.4) is 0 Å². The second kappa shape index (κ2) is 24.8. The molecule has 0 amide bonds. The number of hydrogen-bond donors (Lipinski definition) is 2. The molecule has 2 aliphatic rings. The van der Waals surface area contributed by atoms with E-state index in [1.807, 2.05) is 19.9 Å². The van der Waals surface area contributed by atoms with E-state index >= 15 is 0 Å². The van der Waals surface area contributed by atoms with Gasteiger partial charge >= 0.3 is 33.6 Å². The van der Waals surface area contributed by atoms with E-state index in [1.54, 1.807) is 44.7 Å². The first kappa shape index (κ1) is 55.4. The lowest BCUT2D eigenvalue weighted by atomic mass is 9.89. The van der Waals surface area contributed by atoms with Crippen LogP contribution < -0.4 is 9.75 Å². The van der Waals surface area contributed by atoms with Crippen LogP contribution in [0.4, 0.5) is 5.82 Å². The number of ether oxygens (including phenoxy) is 6. The normalized spacial score (nSPS) is 23.3. The van der Waals surface area contributed by atoms with E-state index in [9.17, 15) is 28.8 Å². The highest BCUT2D eigenvalue weighted by Gasteiger charge is 2.50. The molecule has 30 heteroatoms. The second-order valence-electron chi connectivity index (χ2n) is 16.3. The first-order valence-corrected chi connectivity index (χ1v) is 26.5. The second-order valence-corrected chi connectivity index (χ2v) is 21.6. The molecule has 6 aromatic rings. The summed E-state index contributed by atoms with van der Waals surface area (Å²) in [5.41, 5.74) is 0.363. The summed E-state index contributed by atoms with van der Waals surface area (Å²) < 4.78 is 38.4. The van der Waals surface area contributed by atoms with E-state index in [4.69, 9.17) is 51.9 Å². The van der Waals surface area contributed by atoms with Gasteiger partial charge < -0.3 is 43.2 Å². The Morgan fingerprint density at radius 2 is 1.31 bits per heavy atom. The average Bonchev–Trinajstić information content (AvgIpc) is 4.19. The van der Waals surface area contributed by atoms with Gasteiger partial charge in [0.2, 0.25) is 0 Å². The largest absolute Gasteiger partial charge is 0.463 e. The number of esters is 4. The first-order chi connectivity index (χ1) is 35.3. The number of carbonyl (C=O) groups excluding carboxylic acids is 4. The zero-order valence-electron chi connectivity index (χ0n) is 39.6. The maximum atomic E-state index is 12.2. The maximum absolute atomic E-state index is 12.2. The number of halogens is 2. The number of rotatable bonds is 14. The molecule has 8 rings (SSSR count). The Labute approximate surface area is 449 Å². The first-order valence-electron chi connectivity index (χ1n) is 21.9. The molecule has 0 radical (unpaired) electrons. The number of H-pyrrole nitrogens is 2. The zero-order valence-corrected chi connectivity index (χ0v) is 45.2. The molecule has 10 atom stereocenters. The number of pyridine rings is 2.